The zero-order valence-electron chi connectivity index (χ0n) is 26.2. The molecule has 1 atom stereocenters. The number of aryl methyl sites for hydroxylation is 3. The van der Waals surface area contributed by atoms with Gasteiger partial charge in [-0.2, -0.15) is 0 Å². The van der Waals surface area contributed by atoms with Gasteiger partial charge in [0, 0.05) is 58.3 Å². The molecule has 0 aliphatic carbocycles. The molecule has 5 rings (SSSR count). The van der Waals surface area contributed by atoms with Crippen LogP contribution in [-0.2, 0) is 25.9 Å². The summed E-state index contributed by atoms with van der Waals surface area (Å²) in [6, 6.07) is 9.11. The summed E-state index contributed by atoms with van der Waals surface area (Å²) in [6.07, 6.45) is 4.39. The molecule has 4 heterocycles. The fourth-order valence-electron chi connectivity index (χ4n) is 4.92. The van der Waals surface area contributed by atoms with Crippen molar-refractivity contribution in [3.05, 3.63) is 83.2 Å². The minimum absolute atomic E-state index is 0. The zero-order chi connectivity index (χ0) is 34.0. The predicted octanol–water partition coefficient (Wildman–Crippen LogP) is 2.10. The fourth-order valence-corrected chi connectivity index (χ4v) is 4.92. The SMILES string of the molecule is Cl.Cn1cc(NC(=O)c2cc(NC(=O)c3cc(NC(=O)c4cccc(C(=O)C5CO5)c4N)cn3C)cn2C)cc1C(=O)NCCC(=N)N. The van der Waals surface area contributed by atoms with Gasteiger partial charge in [-0.3, -0.25) is 29.4 Å². The quantitative estimate of drug-likeness (QED) is 0.0384. The van der Waals surface area contributed by atoms with Crippen LogP contribution in [0.1, 0.15) is 58.6 Å². The molecule has 48 heavy (non-hydrogen) atoms. The van der Waals surface area contributed by atoms with E-state index in [9.17, 15) is 24.0 Å². The number of hydrogen-bond acceptors (Lipinski definition) is 8. The predicted molar refractivity (Wildman–Crippen MR) is 181 cm³/mol. The molecule has 1 saturated heterocycles. The van der Waals surface area contributed by atoms with Gasteiger partial charge in [-0.25, -0.2) is 0 Å². The number of nitrogens with two attached hydrogens (primary N) is 2. The van der Waals surface area contributed by atoms with Crippen molar-refractivity contribution < 1.29 is 28.7 Å². The van der Waals surface area contributed by atoms with Crippen molar-refractivity contribution in [2.75, 3.05) is 34.8 Å². The van der Waals surface area contributed by atoms with Gasteiger partial charge in [0.2, 0.25) is 0 Å². The number of nitrogens with zero attached hydrogens (tertiary/aromatic N) is 3. The van der Waals surface area contributed by atoms with E-state index in [4.69, 9.17) is 21.6 Å². The lowest BCUT2D eigenvalue weighted by molar-refractivity contribution is 0.0941. The average Bonchev–Trinajstić information content (AvgIpc) is 3.57. The number of carbonyl (C=O) groups is 5. The highest BCUT2D eigenvalue weighted by Gasteiger charge is 2.34. The van der Waals surface area contributed by atoms with Gasteiger partial charge >= 0.3 is 0 Å². The van der Waals surface area contributed by atoms with Crippen molar-refractivity contribution in [2.45, 2.75) is 12.5 Å². The Balaban J connectivity index is 0.00000520. The lowest BCUT2D eigenvalue weighted by atomic mass is 10.0. The van der Waals surface area contributed by atoms with Crippen molar-refractivity contribution in [2.24, 2.45) is 26.9 Å². The summed E-state index contributed by atoms with van der Waals surface area (Å²) in [5.41, 5.74) is 13.6. The second kappa shape index (κ2) is 14.3. The number of amidine groups is 1. The highest BCUT2D eigenvalue weighted by atomic mass is 35.5. The number of para-hydroxylation sites is 1. The first-order valence-electron chi connectivity index (χ1n) is 14.4. The van der Waals surface area contributed by atoms with E-state index in [1.165, 1.54) is 28.8 Å². The Hall–Kier alpha value is -5.87. The third-order valence-corrected chi connectivity index (χ3v) is 7.41. The molecule has 0 saturated carbocycles. The van der Waals surface area contributed by atoms with E-state index in [-0.39, 0.29) is 71.1 Å². The highest BCUT2D eigenvalue weighted by molar-refractivity contribution is 6.14. The normalized spacial score (nSPS) is 13.2. The summed E-state index contributed by atoms with van der Waals surface area (Å²) >= 11 is 0. The van der Waals surface area contributed by atoms with Crippen LogP contribution >= 0.6 is 12.4 Å². The van der Waals surface area contributed by atoms with E-state index < -0.39 is 23.8 Å². The maximum absolute atomic E-state index is 13.2. The first kappa shape index (κ1) is 35.0. The molecule has 1 fully saturated rings. The van der Waals surface area contributed by atoms with Gasteiger partial charge in [0.05, 0.1) is 40.8 Å². The number of carbonyl (C=O) groups excluding carboxylic acids is 5. The molecular formula is C31H35ClN10O6. The Labute approximate surface area is 280 Å². The van der Waals surface area contributed by atoms with E-state index in [2.05, 4.69) is 21.3 Å². The van der Waals surface area contributed by atoms with Crippen LogP contribution in [0.3, 0.4) is 0 Å². The minimum atomic E-state index is -0.552. The molecule has 252 valence electrons. The Bertz CT molecular complexity index is 1940. The van der Waals surface area contributed by atoms with Crippen molar-refractivity contribution >= 4 is 70.4 Å². The van der Waals surface area contributed by atoms with Crippen LogP contribution in [0.5, 0.6) is 0 Å². The molecule has 1 aromatic carbocycles. The number of benzene rings is 1. The number of hydrogen-bond donors (Lipinski definition) is 7. The summed E-state index contributed by atoms with van der Waals surface area (Å²) in [5.74, 6) is -2.22. The number of Topliss-reactive ketones (excluding diaryl/α,β-unsaturated/α-hetero) is 1. The van der Waals surface area contributed by atoms with Gasteiger partial charge in [0.15, 0.2) is 5.78 Å². The number of rotatable bonds is 12. The van der Waals surface area contributed by atoms with E-state index in [1.807, 2.05) is 0 Å². The van der Waals surface area contributed by atoms with Crippen LogP contribution < -0.4 is 32.7 Å². The van der Waals surface area contributed by atoms with E-state index in [1.54, 1.807) is 61.0 Å². The Morgan fingerprint density at radius 2 is 1.23 bits per heavy atom. The molecule has 17 heteroatoms. The van der Waals surface area contributed by atoms with Gasteiger partial charge in [0.25, 0.3) is 23.6 Å². The summed E-state index contributed by atoms with van der Waals surface area (Å²) in [6.45, 7) is 0.531. The van der Waals surface area contributed by atoms with Gasteiger partial charge in [-0.1, -0.05) is 6.07 Å². The third kappa shape index (κ3) is 7.73. The number of amides is 4. The van der Waals surface area contributed by atoms with Gasteiger partial charge < -0.3 is 51.2 Å². The Morgan fingerprint density at radius 3 is 1.69 bits per heavy atom. The largest absolute Gasteiger partial charge is 0.397 e. The van der Waals surface area contributed by atoms with Crippen LogP contribution in [0.2, 0.25) is 0 Å². The topological polar surface area (TPSA) is 237 Å². The monoisotopic (exact) mass is 678 g/mol. The molecule has 1 aliphatic heterocycles. The first-order chi connectivity index (χ1) is 22.3. The van der Waals surface area contributed by atoms with Gasteiger partial charge in [-0.15, -0.1) is 12.4 Å². The molecule has 0 bridgehead atoms. The Kier molecular flexibility index (Phi) is 10.4. The number of halogens is 1. The average molecular weight is 679 g/mol. The molecular weight excluding hydrogens is 644 g/mol. The third-order valence-electron chi connectivity index (χ3n) is 7.41. The van der Waals surface area contributed by atoms with Gasteiger partial charge in [-0.05, 0) is 30.3 Å². The molecule has 4 amide bonds. The fraction of sp³-hybridized carbons (Fsp3) is 0.226. The second-order valence-corrected chi connectivity index (χ2v) is 11.0. The first-order valence-corrected chi connectivity index (χ1v) is 14.4. The summed E-state index contributed by atoms with van der Waals surface area (Å²) in [4.78, 5) is 64.1. The second-order valence-electron chi connectivity index (χ2n) is 11.0. The van der Waals surface area contributed by atoms with Crippen molar-refractivity contribution in [3.63, 3.8) is 0 Å². The Morgan fingerprint density at radius 1 is 0.792 bits per heavy atom. The van der Waals surface area contributed by atoms with Crippen LogP contribution in [0.4, 0.5) is 22.7 Å². The van der Waals surface area contributed by atoms with Crippen LogP contribution in [0.15, 0.2) is 55.0 Å². The summed E-state index contributed by atoms with van der Waals surface area (Å²) in [7, 11) is 4.94. The number of ketones is 1. The van der Waals surface area contributed by atoms with Crippen molar-refractivity contribution in [1.29, 1.82) is 5.41 Å². The number of epoxide rings is 1. The number of nitrogens with one attached hydrogen (secondary N) is 5. The lowest BCUT2D eigenvalue weighted by Crippen LogP contribution is -2.28. The lowest BCUT2D eigenvalue weighted by Gasteiger charge is -2.09. The van der Waals surface area contributed by atoms with Crippen molar-refractivity contribution in [1.82, 2.24) is 19.0 Å². The summed E-state index contributed by atoms with van der Waals surface area (Å²) < 4.78 is 9.66. The molecule has 9 N–H and O–H groups in total. The van der Waals surface area contributed by atoms with Gasteiger partial charge in [0.1, 0.15) is 23.2 Å². The number of anilines is 4. The molecule has 1 aliphatic rings. The molecule has 16 nitrogen and oxygen atoms in total. The van der Waals surface area contributed by atoms with E-state index in [0.717, 1.165) is 0 Å². The number of ether oxygens (including phenoxy) is 1. The minimum Gasteiger partial charge on any atom is -0.397 e. The van der Waals surface area contributed by atoms with Crippen LogP contribution in [-0.4, -0.2) is 68.2 Å². The van der Waals surface area contributed by atoms with E-state index in [0.29, 0.717) is 29.4 Å². The standard InChI is InChI=1S/C31H34N10O6.ClH/c1-39-13-17(9-21(39)29(44)35-8-7-25(32)33)37-31(46)23-11-18(14-41(23)3)38-30(45)22-10-16(12-40(22)2)36-28(43)20-6-4-5-19(26(20)34)27(42)24-15-47-24;/h4-6,9-14,24H,7-8,15,34H2,1-3H3,(H3,32,33)(H,35,44)(H,36,43)(H,37,46)(H,38,45);1H. The molecule has 0 spiro atoms. The van der Waals surface area contributed by atoms with E-state index >= 15 is 0 Å². The number of nitrogen functional groups attached to an aromatic ring is 1. The van der Waals surface area contributed by atoms with Crippen LogP contribution in [0.25, 0.3) is 0 Å². The van der Waals surface area contributed by atoms with Crippen LogP contribution in [0, 0.1) is 5.41 Å². The smallest absolute Gasteiger partial charge is 0.272 e. The zero-order valence-corrected chi connectivity index (χ0v) is 27.1. The number of aromatic nitrogens is 3. The maximum atomic E-state index is 13.2. The molecule has 1 unspecified atom stereocenters. The highest BCUT2D eigenvalue weighted by Crippen LogP contribution is 2.25. The molecule has 3 aromatic heterocycles. The van der Waals surface area contributed by atoms with Crippen molar-refractivity contribution in [3.8, 4) is 0 Å². The molecule has 4 aromatic rings. The molecule has 0 radical (unpaired) electrons. The summed E-state index contributed by atoms with van der Waals surface area (Å²) in [5, 5.41) is 18.1. The maximum Gasteiger partial charge on any atom is 0.272 e.